The van der Waals surface area contributed by atoms with Gasteiger partial charge in [0.25, 0.3) is 0 Å². The largest absolute Gasteiger partial charge is 0.323 e. The van der Waals surface area contributed by atoms with Crippen LogP contribution in [-0.4, -0.2) is 5.91 Å². The molecule has 3 aromatic carbocycles. The third kappa shape index (κ3) is 4.62. The van der Waals surface area contributed by atoms with Crippen LogP contribution in [0.3, 0.4) is 0 Å². The number of hydrogen-bond acceptors (Lipinski definition) is 2. The zero-order valence-electron chi connectivity index (χ0n) is 13.2. The molecule has 0 saturated carbocycles. The Morgan fingerprint density at radius 3 is 2.24 bits per heavy atom. The first-order valence-corrected chi connectivity index (χ1v) is 8.92. The standard InChI is InChI=1S/C20H15ClFNOS/c21-17-13-15(22)11-12-18(17)23-20(24)19(14-7-3-1-4-8-14)25-16-9-5-2-6-10-16/h1-13,19H,(H,23,24). The van der Waals surface area contributed by atoms with Crippen LogP contribution in [0.1, 0.15) is 10.8 Å². The predicted octanol–water partition coefficient (Wildman–Crippen LogP) is 5.95. The summed E-state index contributed by atoms with van der Waals surface area (Å²) >= 11 is 7.47. The van der Waals surface area contributed by atoms with Crippen molar-refractivity contribution in [1.29, 1.82) is 0 Å². The number of halogens is 2. The molecular weight excluding hydrogens is 357 g/mol. The smallest absolute Gasteiger partial charge is 0.242 e. The lowest BCUT2D eigenvalue weighted by Gasteiger charge is -2.17. The summed E-state index contributed by atoms with van der Waals surface area (Å²) in [6.07, 6.45) is 0. The number of hydrogen-bond donors (Lipinski definition) is 1. The van der Waals surface area contributed by atoms with Gasteiger partial charge in [-0.15, -0.1) is 11.8 Å². The second kappa shape index (κ2) is 8.19. The highest BCUT2D eigenvalue weighted by molar-refractivity contribution is 8.00. The van der Waals surface area contributed by atoms with Crippen LogP contribution in [0.15, 0.2) is 83.8 Å². The van der Waals surface area contributed by atoms with Crippen molar-refractivity contribution in [2.75, 3.05) is 5.32 Å². The lowest BCUT2D eigenvalue weighted by atomic mass is 10.1. The number of nitrogens with one attached hydrogen (secondary N) is 1. The van der Waals surface area contributed by atoms with Crippen LogP contribution in [0.2, 0.25) is 5.02 Å². The number of rotatable bonds is 5. The number of anilines is 1. The zero-order valence-corrected chi connectivity index (χ0v) is 14.7. The van der Waals surface area contributed by atoms with E-state index in [4.69, 9.17) is 11.6 Å². The molecule has 0 aromatic heterocycles. The molecule has 3 rings (SSSR count). The van der Waals surface area contributed by atoms with E-state index in [9.17, 15) is 9.18 Å². The fourth-order valence-electron chi connectivity index (χ4n) is 2.33. The molecule has 0 aliphatic rings. The van der Waals surface area contributed by atoms with Crippen molar-refractivity contribution in [2.24, 2.45) is 0 Å². The number of thioether (sulfide) groups is 1. The van der Waals surface area contributed by atoms with E-state index in [-0.39, 0.29) is 10.9 Å². The molecule has 3 aromatic rings. The van der Waals surface area contributed by atoms with Gasteiger partial charge in [0.1, 0.15) is 11.1 Å². The summed E-state index contributed by atoms with van der Waals surface area (Å²) in [5, 5.41) is 2.52. The van der Waals surface area contributed by atoms with Gasteiger partial charge in [0.05, 0.1) is 10.7 Å². The Kier molecular flexibility index (Phi) is 5.74. The molecular formula is C20H15ClFNOS. The van der Waals surface area contributed by atoms with Crippen molar-refractivity contribution >= 4 is 35.0 Å². The van der Waals surface area contributed by atoms with Crippen LogP contribution < -0.4 is 5.32 Å². The molecule has 5 heteroatoms. The van der Waals surface area contributed by atoms with E-state index in [1.807, 2.05) is 60.7 Å². The maximum absolute atomic E-state index is 13.2. The van der Waals surface area contributed by atoms with E-state index in [1.54, 1.807) is 0 Å². The minimum absolute atomic E-state index is 0.171. The van der Waals surface area contributed by atoms with Gasteiger partial charge in [0.2, 0.25) is 5.91 Å². The van der Waals surface area contributed by atoms with Crippen molar-refractivity contribution in [1.82, 2.24) is 0 Å². The van der Waals surface area contributed by atoms with E-state index < -0.39 is 11.1 Å². The molecule has 1 atom stereocenters. The molecule has 1 unspecified atom stereocenters. The maximum atomic E-state index is 13.2. The van der Waals surface area contributed by atoms with Crippen molar-refractivity contribution in [2.45, 2.75) is 10.1 Å². The summed E-state index contributed by atoms with van der Waals surface area (Å²) < 4.78 is 13.2. The Labute approximate surface area is 155 Å². The molecule has 0 heterocycles. The van der Waals surface area contributed by atoms with Crippen LogP contribution in [0.5, 0.6) is 0 Å². The summed E-state index contributed by atoms with van der Waals surface area (Å²) in [5.74, 6) is -0.658. The summed E-state index contributed by atoms with van der Waals surface area (Å²) in [5.41, 5.74) is 1.27. The fraction of sp³-hybridized carbons (Fsp3) is 0.0500. The van der Waals surface area contributed by atoms with Crippen LogP contribution >= 0.6 is 23.4 Å². The Hall–Kier alpha value is -2.30. The highest BCUT2D eigenvalue weighted by Crippen LogP contribution is 2.36. The molecule has 0 bridgehead atoms. The fourth-order valence-corrected chi connectivity index (χ4v) is 3.59. The van der Waals surface area contributed by atoms with Gasteiger partial charge in [-0.2, -0.15) is 0 Å². The molecule has 126 valence electrons. The lowest BCUT2D eigenvalue weighted by molar-refractivity contribution is -0.115. The first-order valence-electron chi connectivity index (χ1n) is 7.66. The normalized spacial score (nSPS) is 11.8. The molecule has 1 N–H and O–H groups in total. The van der Waals surface area contributed by atoms with E-state index in [0.29, 0.717) is 5.69 Å². The number of amides is 1. The third-order valence-electron chi connectivity index (χ3n) is 3.53. The summed E-state index contributed by atoms with van der Waals surface area (Å²) in [7, 11) is 0. The van der Waals surface area contributed by atoms with Gasteiger partial charge in [-0.1, -0.05) is 60.1 Å². The maximum Gasteiger partial charge on any atom is 0.242 e. The average Bonchev–Trinajstić information content (AvgIpc) is 2.63. The van der Waals surface area contributed by atoms with Crippen LogP contribution in [0.25, 0.3) is 0 Å². The first kappa shape index (κ1) is 17.5. The van der Waals surface area contributed by atoms with Gasteiger partial charge in [-0.25, -0.2) is 4.39 Å². The van der Waals surface area contributed by atoms with Crippen molar-refractivity contribution in [3.8, 4) is 0 Å². The van der Waals surface area contributed by atoms with Gasteiger partial charge in [0.15, 0.2) is 0 Å². The molecule has 25 heavy (non-hydrogen) atoms. The van der Waals surface area contributed by atoms with Crippen LogP contribution in [0, 0.1) is 5.82 Å². The molecule has 1 amide bonds. The van der Waals surface area contributed by atoms with Gasteiger partial charge in [-0.3, -0.25) is 4.79 Å². The van der Waals surface area contributed by atoms with E-state index >= 15 is 0 Å². The van der Waals surface area contributed by atoms with Gasteiger partial charge in [0, 0.05) is 4.90 Å². The Bertz CT molecular complexity index is 858. The van der Waals surface area contributed by atoms with Crippen LogP contribution in [-0.2, 0) is 4.79 Å². The first-order chi connectivity index (χ1) is 12.1. The summed E-state index contributed by atoms with van der Waals surface area (Å²) in [4.78, 5) is 13.9. The Morgan fingerprint density at radius 1 is 0.960 bits per heavy atom. The molecule has 0 radical (unpaired) electrons. The molecule has 0 spiro atoms. The van der Waals surface area contributed by atoms with Crippen molar-refractivity contribution in [3.05, 3.63) is 95.3 Å². The van der Waals surface area contributed by atoms with Crippen molar-refractivity contribution in [3.63, 3.8) is 0 Å². The Balaban J connectivity index is 1.87. The highest BCUT2D eigenvalue weighted by atomic mass is 35.5. The topological polar surface area (TPSA) is 29.1 Å². The molecule has 2 nitrogen and oxygen atoms in total. The quantitative estimate of drug-likeness (QED) is 0.561. The third-order valence-corrected chi connectivity index (χ3v) is 5.11. The van der Waals surface area contributed by atoms with E-state index in [0.717, 1.165) is 10.5 Å². The van der Waals surface area contributed by atoms with Crippen LogP contribution in [0.4, 0.5) is 10.1 Å². The number of benzene rings is 3. The molecule has 0 aliphatic heterocycles. The lowest BCUT2D eigenvalue weighted by Crippen LogP contribution is -2.19. The zero-order chi connectivity index (χ0) is 17.6. The SMILES string of the molecule is O=C(Nc1ccc(F)cc1Cl)C(Sc1ccccc1)c1ccccc1. The predicted molar refractivity (Wildman–Crippen MR) is 102 cm³/mol. The minimum Gasteiger partial charge on any atom is -0.323 e. The molecule has 0 fully saturated rings. The second-order valence-electron chi connectivity index (χ2n) is 5.34. The second-order valence-corrected chi connectivity index (χ2v) is 6.92. The Morgan fingerprint density at radius 2 is 1.60 bits per heavy atom. The summed E-state index contributed by atoms with van der Waals surface area (Å²) in [6, 6.07) is 23.1. The van der Waals surface area contributed by atoms with Gasteiger partial charge >= 0.3 is 0 Å². The minimum atomic E-state index is -0.454. The van der Waals surface area contributed by atoms with E-state index in [1.165, 1.54) is 30.0 Å². The number of carbonyl (C=O) groups is 1. The summed E-state index contributed by atoms with van der Waals surface area (Å²) in [6.45, 7) is 0. The highest BCUT2D eigenvalue weighted by Gasteiger charge is 2.22. The van der Waals surface area contributed by atoms with Gasteiger partial charge < -0.3 is 5.32 Å². The van der Waals surface area contributed by atoms with E-state index in [2.05, 4.69) is 5.32 Å². The van der Waals surface area contributed by atoms with Crippen molar-refractivity contribution < 1.29 is 9.18 Å². The number of carbonyl (C=O) groups excluding carboxylic acids is 1. The van der Waals surface area contributed by atoms with Gasteiger partial charge in [-0.05, 0) is 35.9 Å². The molecule has 0 aliphatic carbocycles. The monoisotopic (exact) mass is 371 g/mol. The average molecular weight is 372 g/mol. The molecule has 0 saturated heterocycles.